The summed E-state index contributed by atoms with van der Waals surface area (Å²) < 4.78 is 0. The van der Waals surface area contributed by atoms with Gasteiger partial charge in [0.2, 0.25) is 5.91 Å². The van der Waals surface area contributed by atoms with Gasteiger partial charge in [0.25, 0.3) is 0 Å². The van der Waals surface area contributed by atoms with Gasteiger partial charge in [-0.15, -0.1) is 0 Å². The highest BCUT2D eigenvalue weighted by molar-refractivity contribution is 5.77. The van der Waals surface area contributed by atoms with Crippen molar-refractivity contribution in [3.05, 3.63) is 0 Å². The van der Waals surface area contributed by atoms with Crippen molar-refractivity contribution >= 4 is 12.2 Å². The first-order valence-corrected chi connectivity index (χ1v) is 4.85. The maximum Gasteiger partial charge on any atom is 0.236 e. The van der Waals surface area contributed by atoms with Crippen molar-refractivity contribution in [1.29, 1.82) is 0 Å². The van der Waals surface area contributed by atoms with E-state index in [1.54, 1.807) is 12.1 Å². The SMILES string of the molecule is CC(C)(C)C=O.CNN1CCCC1=O. The Kier molecular flexibility index (Phi) is 5.38. The van der Waals surface area contributed by atoms with Crippen molar-refractivity contribution in [3.8, 4) is 0 Å². The predicted octanol–water partition coefficient (Wildman–Crippen LogP) is 0.975. The quantitative estimate of drug-likeness (QED) is 0.642. The lowest BCUT2D eigenvalue weighted by atomic mass is 10.0. The zero-order valence-electron chi connectivity index (χ0n) is 9.46. The Balaban J connectivity index is 0.000000255. The molecule has 0 bridgehead atoms. The summed E-state index contributed by atoms with van der Waals surface area (Å²) in [5.74, 6) is 0.215. The molecule has 0 aromatic heterocycles. The molecule has 1 rings (SSSR count). The largest absolute Gasteiger partial charge is 0.303 e. The summed E-state index contributed by atoms with van der Waals surface area (Å²) in [7, 11) is 1.77. The highest BCUT2D eigenvalue weighted by atomic mass is 16.2. The van der Waals surface area contributed by atoms with E-state index in [-0.39, 0.29) is 11.3 Å². The molecule has 1 heterocycles. The van der Waals surface area contributed by atoms with Crippen LogP contribution in [0.25, 0.3) is 0 Å². The molecule has 0 radical (unpaired) electrons. The molecule has 0 aliphatic carbocycles. The number of hydrazine groups is 1. The number of nitrogens with zero attached hydrogens (tertiary/aromatic N) is 1. The molecular weight excluding hydrogens is 180 g/mol. The van der Waals surface area contributed by atoms with Crippen LogP contribution in [0, 0.1) is 5.41 Å². The number of aldehydes is 1. The lowest BCUT2D eigenvalue weighted by molar-refractivity contribution is -0.129. The van der Waals surface area contributed by atoms with Gasteiger partial charge in [0.15, 0.2) is 0 Å². The zero-order valence-corrected chi connectivity index (χ0v) is 9.46. The van der Waals surface area contributed by atoms with Crippen LogP contribution in [0.5, 0.6) is 0 Å². The fraction of sp³-hybridized carbons (Fsp3) is 0.800. The molecular formula is C10H20N2O2. The fourth-order valence-corrected chi connectivity index (χ4v) is 0.885. The maximum absolute atomic E-state index is 10.7. The summed E-state index contributed by atoms with van der Waals surface area (Å²) in [6.45, 7) is 6.50. The molecule has 82 valence electrons. The molecule has 0 aromatic rings. The van der Waals surface area contributed by atoms with E-state index in [2.05, 4.69) is 5.43 Å². The van der Waals surface area contributed by atoms with Gasteiger partial charge in [0.05, 0.1) is 0 Å². The van der Waals surface area contributed by atoms with Crippen molar-refractivity contribution < 1.29 is 9.59 Å². The van der Waals surface area contributed by atoms with Crippen LogP contribution in [0.3, 0.4) is 0 Å². The average molecular weight is 200 g/mol. The Bertz CT molecular complexity index is 197. The molecule has 0 saturated carbocycles. The second kappa shape index (κ2) is 5.75. The van der Waals surface area contributed by atoms with Gasteiger partial charge in [-0.2, -0.15) is 0 Å². The van der Waals surface area contributed by atoms with Crippen LogP contribution >= 0.6 is 0 Å². The predicted molar refractivity (Wildman–Crippen MR) is 55.5 cm³/mol. The van der Waals surface area contributed by atoms with Crippen molar-refractivity contribution in [2.45, 2.75) is 33.6 Å². The monoisotopic (exact) mass is 200 g/mol. The summed E-state index contributed by atoms with van der Waals surface area (Å²) in [6, 6.07) is 0. The first-order chi connectivity index (χ1) is 6.40. The van der Waals surface area contributed by atoms with Crippen LogP contribution in [-0.4, -0.2) is 30.8 Å². The summed E-state index contributed by atoms with van der Waals surface area (Å²) in [4.78, 5) is 20.5. The van der Waals surface area contributed by atoms with Crippen molar-refractivity contribution in [3.63, 3.8) is 0 Å². The van der Waals surface area contributed by atoms with Gasteiger partial charge in [-0.05, 0) is 6.42 Å². The summed E-state index contributed by atoms with van der Waals surface area (Å²) in [5, 5.41) is 1.64. The van der Waals surface area contributed by atoms with E-state index in [1.165, 1.54) is 0 Å². The van der Waals surface area contributed by atoms with Crippen LogP contribution in [0.4, 0.5) is 0 Å². The number of nitrogens with one attached hydrogen (secondary N) is 1. The molecule has 0 atom stereocenters. The molecule has 1 N–H and O–H groups in total. The van der Waals surface area contributed by atoms with Gasteiger partial charge < -0.3 is 4.79 Å². The van der Waals surface area contributed by atoms with E-state index in [1.807, 2.05) is 20.8 Å². The number of hydrogen-bond donors (Lipinski definition) is 1. The molecule has 1 aliphatic heterocycles. The molecule has 14 heavy (non-hydrogen) atoms. The van der Waals surface area contributed by atoms with Crippen LogP contribution in [0.2, 0.25) is 0 Å². The number of carbonyl (C=O) groups is 2. The highest BCUT2D eigenvalue weighted by Crippen LogP contribution is 2.05. The standard InChI is InChI=1S/C5H10N2O.C5H10O/c1-6-7-4-2-3-5(7)8;1-5(2,3)4-6/h6H,2-4H2,1H3;4H,1-3H3. The summed E-state index contributed by atoms with van der Waals surface area (Å²) in [5.41, 5.74) is 2.66. The molecule has 4 heteroatoms. The Morgan fingerprint density at radius 2 is 1.93 bits per heavy atom. The third-order valence-electron chi connectivity index (χ3n) is 1.70. The second-order valence-electron chi connectivity index (χ2n) is 4.36. The van der Waals surface area contributed by atoms with E-state index >= 15 is 0 Å². The average Bonchev–Trinajstić information content (AvgIpc) is 2.51. The van der Waals surface area contributed by atoms with Gasteiger partial charge in [-0.3, -0.25) is 9.80 Å². The van der Waals surface area contributed by atoms with Crippen LogP contribution in [0.1, 0.15) is 33.6 Å². The Morgan fingerprint density at radius 3 is 2.07 bits per heavy atom. The van der Waals surface area contributed by atoms with E-state index in [4.69, 9.17) is 0 Å². The molecule has 1 fully saturated rings. The van der Waals surface area contributed by atoms with Crippen LogP contribution < -0.4 is 5.43 Å². The van der Waals surface area contributed by atoms with Crippen molar-refractivity contribution in [2.24, 2.45) is 5.41 Å². The number of rotatable bonds is 1. The summed E-state index contributed by atoms with van der Waals surface area (Å²) in [6.07, 6.45) is 2.65. The number of carbonyl (C=O) groups excluding carboxylic acids is 2. The van der Waals surface area contributed by atoms with Crippen LogP contribution in [-0.2, 0) is 9.59 Å². The van der Waals surface area contributed by atoms with Crippen LogP contribution in [0.15, 0.2) is 0 Å². The minimum Gasteiger partial charge on any atom is -0.303 e. The maximum atomic E-state index is 10.7. The molecule has 0 spiro atoms. The van der Waals surface area contributed by atoms with Crippen molar-refractivity contribution in [2.75, 3.05) is 13.6 Å². The molecule has 4 nitrogen and oxygen atoms in total. The molecule has 1 saturated heterocycles. The van der Waals surface area contributed by atoms with Crippen molar-refractivity contribution in [1.82, 2.24) is 10.4 Å². The molecule has 1 amide bonds. The lowest BCUT2D eigenvalue weighted by Gasteiger charge is -2.11. The fourth-order valence-electron chi connectivity index (χ4n) is 0.885. The molecule has 0 unspecified atom stereocenters. The Morgan fingerprint density at radius 1 is 1.43 bits per heavy atom. The first-order valence-electron chi connectivity index (χ1n) is 4.85. The first kappa shape index (κ1) is 13.1. The second-order valence-corrected chi connectivity index (χ2v) is 4.36. The normalized spacial score (nSPS) is 16.3. The minimum atomic E-state index is -0.139. The Hall–Kier alpha value is -0.900. The van der Waals surface area contributed by atoms with Gasteiger partial charge in [0.1, 0.15) is 6.29 Å². The highest BCUT2D eigenvalue weighted by Gasteiger charge is 2.17. The van der Waals surface area contributed by atoms with E-state index in [0.717, 1.165) is 19.3 Å². The Labute approximate surface area is 85.6 Å². The topological polar surface area (TPSA) is 49.4 Å². The van der Waals surface area contributed by atoms with Gasteiger partial charge >= 0.3 is 0 Å². The van der Waals surface area contributed by atoms with Gasteiger partial charge in [0, 0.05) is 25.4 Å². The van der Waals surface area contributed by atoms with Gasteiger partial charge in [-0.25, -0.2) is 5.43 Å². The molecule has 0 aromatic carbocycles. The third kappa shape index (κ3) is 5.70. The van der Waals surface area contributed by atoms with Gasteiger partial charge in [-0.1, -0.05) is 20.8 Å². The lowest BCUT2D eigenvalue weighted by Crippen LogP contribution is -2.35. The number of hydrogen-bond acceptors (Lipinski definition) is 3. The van der Waals surface area contributed by atoms with E-state index < -0.39 is 0 Å². The molecule has 1 aliphatic rings. The van der Waals surface area contributed by atoms with E-state index in [9.17, 15) is 9.59 Å². The minimum absolute atomic E-state index is 0.139. The smallest absolute Gasteiger partial charge is 0.236 e. The summed E-state index contributed by atoms with van der Waals surface area (Å²) >= 11 is 0. The number of amides is 1. The zero-order chi connectivity index (χ0) is 11.2. The van der Waals surface area contributed by atoms with E-state index in [0.29, 0.717) is 6.42 Å². The third-order valence-corrected chi connectivity index (χ3v) is 1.70.